The number of carbonyl (C=O) groups is 2. The van der Waals surface area contributed by atoms with Crippen molar-refractivity contribution in [2.45, 2.75) is 18.9 Å². The summed E-state index contributed by atoms with van der Waals surface area (Å²) in [6.07, 6.45) is 2.51. The lowest BCUT2D eigenvalue weighted by atomic mass is 10.1. The van der Waals surface area contributed by atoms with Crippen LogP contribution in [0.15, 0.2) is 6.20 Å². The lowest BCUT2D eigenvalue weighted by molar-refractivity contribution is -0.132. The maximum atomic E-state index is 11.8. The minimum atomic E-state index is -0.284. The number of piperidine rings is 1. The number of carbonyl (C=O) groups excluding carboxylic acids is 2. The maximum Gasteiger partial charge on any atom is 0.271 e. The van der Waals surface area contributed by atoms with Crippen molar-refractivity contribution in [3.05, 3.63) is 11.9 Å². The lowest BCUT2D eigenvalue weighted by Crippen LogP contribution is -2.48. The topological polar surface area (TPSA) is 104 Å². The molecular formula is C10H15N5O2. The van der Waals surface area contributed by atoms with E-state index >= 15 is 0 Å². The van der Waals surface area contributed by atoms with Gasteiger partial charge < -0.3 is 16.0 Å². The third kappa shape index (κ3) is 2.38. The molecule has 0 saturated carbocycles. The zero-order chi connectivity index (χ0) is 12.4. The van der Waals surface area contributed by atoms with Crippen LogP contribution in [-0.2, 0) is 4.79 Å². The van der Waals surface area contributed by atoms with E-state index in [1.165, 1.54) is 6.20 Å². The highest BCUT2D eigenvalue weighted by Gasteiger charge is 2.25. The molecule has 1 unspecified atom stereocenters. The predicted molar refractivity (Wildman–Crippen MR) is 61.1 cm³/mol. The average molecular weight is 237 g/mol. The molecule has 2 heterocycles. The first-order chi connectivity index (χ1) is 8.08. The average Bonchev–Trinajstić information content (AvgIpc) is 2.70. The van der Waals surface area contributed by atoms with Crippen molar-refractivity contribution in [2.24, 2.45) is 0 Å². The van der Waals surface area contributed by atoms with Crippen LogP contribution in [0.5, 0.6) is 0 Å². The largest absolute Gasteiger partial charge is 0.396 e. The molecule has 1 aliphatic rings. The first-order valence-electron chi connectivity index (χ1n) is 5.41. The van der Waals surface area contributed by atoms with Crippen LogP contribution in [0, 0.1) is 0 Å². The number of nitrogens with one attached hydrogen (secondary N) is 2. The number of aromatic nitrogens is 2. The summed E-state index contributed by atoms with van der Waals surface area (Å²) in [5, 5.41) is 9.06. The van der Waals surface area contributed by atoms with Crippen LogP contribution >= 0.6 is 0 Å². The Morgan fingerprint density at radius 3 is 3.06 bits per heavy atom. The molecule has 0 spiro atoms. The van der Waals surface area contributed by atoms with Gasteiger partial charge in [0.25, 0.3) is 5.91 Å². The summed E-state index contributed by atoms with van der Waals surface area (Å²) in [5.41, 5.74) is 6.17. The minimum absolute atomic E-state index is 0.0344. The summed E-state index contributed by atoms with van der Waals surface area (Å²) in [7, 11) is 1.73. The van der Waals surface area contributed by atoms with Crippen molar-refractivity contribution in [3.8, 4) is 0 Å². The molecule has 92 valence electrons. The molecule has 17 heavy (non-hydrogen) atoms. The highest BCUT2D eigenvalue weighted by atomic mass is 16.2. The molecule has 7 nitrogen and oxygen atoms in total. The van der Waals surface area contributed by atoms with Crippen molar-refractivity contribution < 1.29 is 9.59 Å². The second-order valence-corrected chi connectivity index (χ2v) is 4.18. The number of likely N-dealkylation sites (tertiary alicyclic amines) is 1. The number of aromatic amines is 1. The second-order valence-electron chi connectivity index (χ2n) is 4.18. The first-order valence-corrected chi connectivity index (χ1v) is 5.41. The van der Waals surface area contributed by atoms with Gasteiger partial charge in [0.1, 0.15) is 5.69 Å². The molecule has 2 rings (SSSR count). The van der Waals surface area contributed by atoms with Crippen LogP contribution in [0.2, 0.25) is 0 Å². The van der Waals surface area contributed by atoms with Gasteiger partial charge in [0, 0.05) is 26.1 Å². The van der Waals surface area contributed by atoms with Crippen LogP contribution in [0.25, 0.3) is 0 Å². The Balaban J connectivity index is 1.96. The third-order valence-corrected chi connectivity index (χ3v) is 2.86. The molecule has 1 fully saturated rings. The zero-order valence-corrected chi connectivity index (χ0v) is 9.56. The Morgan fingerprint density at radius 1 is 1.71 bits per heavy atom. The van der Waals surface area contributed by atoms with Gasteiger partial charge in [-0.15, -0.1) is 0 Å². The van der Waals surface area contributed by atoms with Gasteiger partial charge in [0.15, 0.2) is 0 Å². The van der Waals surface area contributed by atoms with E-state index in [0.29, 0.717) is 25.1 Å². The van der Waals surface area contributed by atoms with Crippen LogP contribution < -0.4 is 11.1 Å². The zero-order valence-electron chi connectivity index (χ0n) is 9.56. The van der Waals surface area contributed by atoms with Gasteiger partial charge in [-0.1, -0.05) is 0 Å². The Hall–Kier alpha value is -2.05. The van der Waals surface area contributed by atoms with Gasteiger partial charge in [-0.25, -0.2) is 0 Å². The van der Waals surface area contributed by atoms with E-state index < -0.39 is 0 Å². The first kappa shape index (κ1) is 11.4. The summed E-state index contributed by atoms with van der Waals surface area (Å²) < 4.78 is 0. The predicted octanol–water partition coefficient (Wildman–Crippen LogP) is -0.657. The van der Waals surface area contributed by atoms with Crippen molar-refractivity contribution in [1.82, 2.24) is 20.4 Å². The summed E-state index contributed by atoms with van der Waals surface area (Å²) in [5.74, 6) is -0.177. The van der Waals surface area contributed by atoms with E-state index in [1.54, 1.807) is 11.9 Å². The molecule has 1 aromatic rings. The Kier molecular flexibility index (Phi) is 2.99. The van der Waals surface area contributed by atoms with Crippen LogP contribution in [-0.4, -0.2) is 46.5 Å². The highest BCUT2D eigenvalue weighted by molar-refractivity contribution is 5.97. The van der Waals surface area contributed by atoms with Gasteiger partial charge in [-0.3, -0.25) is 14.7 Å². The number of hydrogen-bond donors (Lipinski definition) is 3. The molecule has 0 aliphatic carbocycles. The smallest absolute Gasteiger partial charge is 0.271 e. The number of nitrogens with zero attached hydrogens (tertiary/aromatic N) is 2. The summed E-state index contributed by atoms with van der Waals surface area (Å²) in [4.78, 5) is 24.7. The van der Waals surface area contributed by atoms with Crippen molar-refractivity contribution in [1.29, 1.82) is 0 Å². The van der Waals surface area contributed by atoms with Gasteiger partial charge in [0.2, 0.25) is 5.91 Å². The number of nitrogen functional groups attached to an aromatic ring is 1. The Morgan fingerprint density at radius 2 is 2.47 bits per heavy atom. The van der Waals surface area contributed by atoms with E-state index in [2.05, 4.69) is 15.5 Å². The van der Waals surface area contributed by atoms with Crippen molar-refractivity contribution in [3.63, 3.8) is 0 Å². The molecule has 2 amide bonds. The number of amides is 2. The van der Waals surface area contributed by atoms with Gasteiger partial charge >= 0.3 is 0 Å². The molecule has 1 aliphatic heterocycles. The van der Waals surface area contributed by atoms with Gasteiger partial charge in [-0.05, 0) is 6.42 Å². The van der Waals surface area contributed by atoms with E-state index in [4.69, 9.17) is 5.73 Å². The van der Waals surface area contributed by atoms with E-state index in [-0.39, 0.29) is 23.6 Å². The van der Waals surface area contributed by atoms with Crippen LogP contribution in [0.4, 0.5) is 5.69 Å². The van der Waals surface area contributed by atoms with Gasteiger partial charge in [-0.2, -0.15) is 5.10 Å². The molecule has 0 aromatic carbocycles. The van der Waals surface area contributed by atoms with E-state index in [9.17, 15) is 9.59 Å². The second kappa shape index (κ2) is 4.44. The molecular weight excluding hydrogens is 222 g/mol. The molecule has 0 bridgehead atoms. The number of hydrogen-bond acceptors (Lipinski definition) is 4. The third-order valence-electron chi connectivity index (χ3n) is 2.86. The maximum absolute atomic E-state index is 11.8. The molecule has 7 heteroatoms. The van der Waals surface area contributed by atoms with E-state index in [1.807, 2.05) is 0 Å². The van der Waals surface area contributed by atoms with Gasteiger partial charge in [0.05, 0.1) is 11.9 Å². The minimum Gasteiger partial charge on any atom is -0.396 e. The fourth-order valence-electron chi connectivity index (χ4n) is 1.86. The van der Waals surface area contributed by atoms with Crippen molar-refractivity contribution in [2.75, 3.05) is 19.3 Å². The van der Waals surface area contributed by atoms with E-state index in [0.717, 1.165) is 0 Å². The molecule has 1 atom stereocenters. The monoisotopic (exact) mass is 237 g/mol. The Labute approximate surface area is 98.4 Å². The summed E-state index contributed by atoms with van der Waals surface area (Å²) in [6.45, 7) is 0.526. The quantitative estimate of drug-likeness (QED) is 0.635. The molecule has 1 aromatic heterocycles. The molecule has 4 N–H and O–H groups in total. The SMILES string of the molecule is CN1CC(NC(=O)c2[nH]ncc2N)CCC1=O. The lowest BCUT2D eigenvalue weighted by Gasteiger charge is -2.29. The summed E-state index contributed by atoms with van der Waals surface area (Å²) >= 11 is 0. The van der Waals surface area contributed by atoms with Crippen molar-refractivity contribution >= 4 is 17.5 Å². The number of nitrogens with two attached hydrogens (primary N) is 1. The highest BCUT2D eigenvalue weighted by Crippen LogP contribution is 2.11. The number of H-pyrrole nitrogens is 1. The number of anilines is 1. The molecule has 1 saturated heterocycles. The standard InChI is InChI=1S/C10H15N5O2/c1-15-5-6(2-3-8(15)16)13-10(17)9-7(11)4-12-14-9/h4,6H,2-3,5,11H2,1H3,(H,12,14)(H,13,17). The van der Waals surface area contributed by atoms with Crippen LogP contribution in [0.3, 0.4) is 0 Å². The fourth-order valence-corrected chi connectivity index (χ4v) is 1.86. The Bertz CT molecular complexity index is 442. The fraction of sp³-hybridized carbons (Fsp3) is 0.500. The number of rotatable bonds is 2. The molecule has 0 radical (unpaired) electrons. The number of likely N-dealkylation sites (N-methyl/N-ethyl adjacent to an activating group) is 1. The summed E-state index contributed by atoms with van der Waals surface area (Å²) in [6, 6.07) is -0.0344. The normalized spacial score (nSPS) is 20.4. The van der Waals surface area contributed by atoms with Crippen LogP contribution in [0.1, 0.15) is 23.3 Å².